The van der Waals surface area contributed by atoms with Crippen molar-refractivity contribution in [1.82, 2.24) is 14.7 Å². The van der Waals surface area contributed by atoms with Crippen LogP contribution in [0.5, 0.6) is 34.5 Å². The van der Waals surface area contributed by atoms with E-state index in [-0.39, 0.29) is 63.2 Å². The van der Waals surface area contributed by atoms with Crippen molar-refractivity contribution in [2.24, 2.45) is 5.11 Å². The fourth-order valence-electron chi connectivity index (χ4n) is 15.8. The molecule has 0 amide bonds. The molecule has 15 rings (SSSR count). The summed E-state index contributed by atoms with van der Waals surface area (Å²) in [4.78, 5) is 32.3. The lowest BCUT2D eigenvalue weighted by atomic mass is 9.99. The lowest BCUT2D eigenvalue weighted by Gasteiger charge is -2.40. The van der Waals surface area contributed by atoms with Crippen molar-refractivity contribution in [2.45, 2.75) is 314 Å². The van der Waals surface area contributed by atoms with Gasteiger partial charge >= 0.3 is 5.97 Å². The highest BCUT2D eigenvalue weighted by Crippen LogP contribution is 2.50. The summed E-state index contributed by atoms with van der Waals surface area (Å²) in [5.41, 5.74) is 20.5. The Labute approximate surface area is 765 Å². The fraction of sp³-hybridized carbons (Fsp3) is 0.620. The number of piperidine rings is 3. The van der Waals surface area contributed by atoms with E-state index in [1.54, 1.807) is 12.1 Å². The van der Waals surface area contributed by atoms with Crippen molar-refractivity contribution < 1.29 is 83.8 Å². The smallest absolute Gasteiger partial charge is 0.337 e. The van der Waals surface area contributed by atoms with Crippen LogP contribution < -0.4 is 28.4 Å². The van der Waals surface area contributed by atoms with Crippen LogP contribution in [0.3, 0.4) is 0 Å². The first kappa shape index (κ1) is 103. The van der Waals surface area contributed by atoms with E-state index in [1.165, 1.54) is 23.8 Å². The summed E-state index contributed by atoms with van der Waals surface area (Å²) < 4.78 is 105. The van der Waals surface area contributed by atoms with E-state index >= 15 is 0 Å². The monoisotopic (exact) mass is 1840 g/mol. The topological polar surface area (TPSA) is 235 Å². The molecule has 9 aliphatic rings. The SMILES string of the molecule is CC(C)(C)[Si](C)(C)O[C@H]1CCOc2cc(C=O)ccc21.CC(C)(C)[Si](C)(C)O[C@H]1CCOc2cc(CN3CCC(F)CC3)ccc21.CC(C)(C)[Si](C)(C)O[C@H]1CCOc2cc(CO)ccc21.COC(=O)c1ccc2c(c1)OCC[C@@H]2O[Si](C)(C)C(C)(C)C.O[C@H]1CCOc2cc(CN3CCC(F)CC3)ccc21.[N-]=[N+]=N[C@@H]1CCOc2cc(CN3CCC(F)CC3)ccc21. The molecule has 9 heterocycles. The number of esters is 1. The van der Waals surface area contributed by atoms with E-state index in [1.807, 2.05) is 72.8 Å². The average molecular weight is 1840 g/mol. The molecule has 3 saturated heterocycles. The van der Waals surface area contributed by atoms with Crippen LogP contribution in [0.4, 0.5) is 13.2 Å². The number of ether oxygens (including phenoxy) is 7. The third-order valence-electron chi connectivity index (χ3n) is 28.0. The number of nitrogens with zero attached hydrogens (tertiary/aromatic N) is 6. The Hall–Kier alpha value is -7.13. The number of carbonyl (C=O) groups is 2. The molecule has 21 nitrogen and oxygen atoms in total. The quantitative estimate of drug-likeness (QED) is 0.0203. The van der Waals surface area contributed by atoms with E-state index in [4.69, 9.17) is 56.4 Å². The van der Waals surface area contributed by atoms with Crippen LogP contribution in [0, 0.1) is 0 Å². The Morgan fingerprint density at radius 1 is 0.422 bits per heavy atom. The summed E-state index contributed by atoms with van der Waals surface area (Å²) in [6.45, 7) is 56.6. The van der Waals surface area contributed by atoms with E-state index in [2.05, 4.69) is 184 Å². The van der Waals surface area contributed by atoms with Crippen LogP contribution >= 0.6 is 0 Å². The zero-order valence-corrected chi connectivity index (χ0v) is 84.5. The van der Waals surface area contributed by atoms with Crippen molar-refractivity contribution >= 4 is 45.5 Å². The Balaban J connectivity index is 0.000000160. The molecule has 0 spiro atoms. The number of azide groups is 1. The number of methoxy groups -OCH3 is 1. The average Bonchev–Trinajstić information content (AvgIpc) is 0.796. The highest BCUT2D eigenvalue weighted by molar-refractivity contribution is 6.75. The third kappa shape index (κ3) is 28.2. The maximum Gasteiger partial charge on any atom is 0.337 e. The number of likely N-dealkylation sites (tertiary alicyclic amines) is 3. The number of aliphatic hydroxyl groups is 2. The molecule has 0 saturated carbocycles. The molecule has 0 radical (unpaired) electrons. The standard InChI is InChI=1S/C21H34FNO2Si.C17H26O4Si.C16H26O3Si.C16H24O3Si.C15H19FN4O.C15H20FNO2/c1-21(2,3)26(4,5)25-19-10-13-24-20-14-16(6-7-18(19)20)15-23-11-8-17(22)9-12-23;1-17(2,3)22(5,6)21-14-9-10-20-15-11-12(16(18)19-4)7-8-13(14)15;2*1-16(2,3)20(4,5)19-14-8-9-18-15-10-12(11-17)6-7-13(14)15;16-12-3-6-20(7-4-12)10-11-1-2-13-14(18-19-17)5-8-21-15(13)9-11;16-12-3-6-17(7-4-12)10-11-1-2-13-14(18)5-8-19-15(13)9-11/h6-7,14,17,19H,8-13,15H2,1-5H3;7-8,11,14H,9-10H2,1-6H3;6-7,10,14,17H,8-9,11H2,1-5H3;6-7,10-11,14H,8-9H2,1-5H3;1-2,9,12,14H,3-8,10H2;1-2,9,12,14,18H,3-8,10H2/t19-;5*14-/m000010/s1. The van der Waals surface area contributed by atoms with Crippen LogP contribution in [0.2, 0.25) is 72.5 Å². The van der Waals surface area contributed by atoms with E-state index in [9.17, 15) is 33.0 Å². The first-order valence-corrected chi connectivity index (χ1v) is 58.1. The van der Waals surface area contributed by atoms with Crippen LogP contribution in [-0.4, -0.2) is 175 Å². The first-order chi connectivity index (χ1) is 60.3. The molecule has 2 N–H and O–H groups in total. The van der Waals surface area contributed by atoms with Gasteiger partial charge in [-0.2, -0.15) is 0 Å². The number of hydrogen-bond donors (Lipinski definition) is 2. The molecule has 128 heavy (non-hydrogen) atoms. The van der Waals surface area contributed by atoms with Gasteiger partial charge in [0.1, 0.15) is 59.3 Å². The fourth-order valence-corrected chi connectivity index (χ4v) is 21.1. The Bertz CT molecular complexity index is 4660. The molecule has 3 fully saturated rings. The van der Waals surface area contributed by atoms with Gasteiger partial charge in [-0.15, -0.1) is 0 Å². The van der Waals surface area contributed by atoms with Crippen molar-refractivity contribution in [3.63, 3.8) is 0 Å². The third-order valence-corrected chi connectivity index (χ3v) is 45.9. The first-order valence-electron chi connectivity index (χ1n) is 46.5. The minimum absolute atomic E-state index is 0.0383. The lowest BCUT2D eigenvalue weighted by Crippen LogP contribution is -2.42. The number of alkyl halides is 3. The number of fused-ring (bicyclic) bond motifs is 6. The molecule has 9 aliphatic heterocycles. The maximum atomic E-state index is 13.3. The molecule has 6 atom stereocenters. The number of halogens is 3. The number of rotatable bonds is 18. The van der Waals surface area contributed by atoms with Gasteiger partial charge in [0.05, 0.1) is 95.5 Å². The predicted octanol–water partition coefficient (Wildman–Crippen LogP) is 24.3. The Morgan fingerprint density at radius 2 is 0.711 bits per heavy atom. The van der Waals surface area contributed by atoms with Gasteiger partial charge in [0.25, 0.3) is 0 Å². The van der Waals surface area contributed by atoms with E-state index in [0.717, 1.165) is 171 Å². The molecule has 706 valence electrons. The largest absolute Gasteiger partial charge is 0.493 e. The maximum absolute atomic E-state index is 13.3. The Morgan fingerprint density at radius 3 is 1.05 bits per heavy atom. The summed E-state index contributed by atoms with van der Waals surface area (Å²) in [5.74, 6) is 4.64. The summed E-state index contributed by atoms with van der Waals surface area (Å²) in [6, 6.07) is 35.5. The van der Waals surface area contributed by atoms with Gasteiger partial charge in [-0.1, -0.05) is 155 Å². The van der Waals surface area contributed by atoms with Crippen LogP contribution in [-0.2, 0) is 48.7 Å². The molecule has 0 bridgehead atoms. The molecular formula is C100H149F3N6O15Si4. The molecule has 6 aromatic carbocycles. The van der Waals surface area contributed by atoms with Gasteiger partial charge in [0.2, 0.25) is 0 Å². The molecule has 0 unspecified atom stereocenters. The lowest BCUT2D eigenvalue weighted by molar-refractivity contribution is 0.0598. The summed E-state index contributed by atoms with van der Waals surface area (Å²) in [5, 5.41) is 23.7. The zero-order chi connectivity index (χ0) is 93.3. The molecule has 0 aromatic heterocycles. The minimum atomic E-state index is -1.85. The van der Waals surface area contributed by atoms with Crippen LogP contribution in [0.1, 0.15) is 273 Å². The van der Waals surface area contributed by atoms with Gasteiger partial charge < -0.3 is 61.1 Å². The van der Waals surface area contributed by atoms with Crippen molar-refractivity contribution in [3.8, 4) is 34.5 Å². The summed E-state index contributed by atoms with van der Waals surface area (Å²) >= 11 is 0. The molecule has 0 aliphatic carbocycles. The van der Waals surface area contributed by atoms with E-state index in [0.29, 0.717) is 95.7 Å². The van der Waals surface area contributed by atoms with Crippen molar-refractivity contribution in [1.29, 1.82) is 0 Å². The zero-order valence-electron chi connectivity index (χ0n) is 80.5. The van der Waals surface area contributed by atoms with Gasteiger partial charge in [-0.25, -0.2) is 18.0 Å². The summed E-state index contributed by atoms with van der Waals surface area (Å²) in [7, 11) is -5.88. The number of aldehydes is 1. The second-order valence-corrected chi connectivity index (χ2v) is 60.7. The highest BCUT2D eigenvalue weighted by Gasteiger charge is 2.45. The van der Waals surface area contributed by atoms with Gasteiger partial charge in [-0.05, 0) is 188 Å². The van der Waals surface area contributed by atoms with Gasteiger partial charge in [0, 0.05) is 135 Å². The number of aliphatic hydroxyl groups excluding tert-OH is 2. The molecule has 28 heteroatoms. The number of benzene rings is 6. The predicted molar refractivity (Wildman–Crippen MR) is 511 cm³/mol. The van der Waals surface area contributed by atoms with Crippen molar-refractivity contribution in [3.05, 3.63) is 186 Å². The number of hydrogen-bond acceptors (Lipinski definition) is 19. The Kier molecular flexibility index (Phi) is 36.3. The van der Waals surface area contributed by atoms with Crippen LogP contribution in [0.25, 0.3) is 10.4 Å². The second kappa shape index (κ2) is 45.1. The van der Waals surface area contributed by atoms with Crippen molar-refractivity contribution in [2.75, 3.05) is 86.0 Å². The van der Waals surface area contributed by atoms with Crippen LogP contribution in [0.15, 0.2) is 114 Å². The van der Waals surface area contributed by atoms with E-state index < -0.39 is 57.9 Å². The highest BCUT2D eigenvalue weighted by atomic mass is 28.4. The van der Waals surface area contributed by atoms with Gasteiger partial charge in [0.15, 0.2) is 33.3 Å². The molecule has 6 aromatic rings. The summed E-state index contributed by atoms with van der Waals surface area (Å²) in [6.07, 6.45) is 7.70. The van der Waals surface area contributed by atoms with Gasteiger partial charge in [-0.3, -0.25) is 19.5 Å². The number of carbonyl (C=O) groups excluding carboxylic acids is 2. The normalized spacial score (nSPS) is 21.3. The second-order valence-electron chi connectivity index (χ2n) is 41.7. The minimum Gasteiger partial charge on any atom is -0.493 e. The molecular weight excluding hydrogens is 1690 g/mol.